The molecule has 4 atom stereocenters. The molecule has 4 aromatic heterocycles. The fourth-order valence-corrected chi connectivity index (χ4v) is 13.3. The Morgan fingerprint density at radius 1 is 0.406 bits per heavy atom. The number of halogens is 5. The summed E-state index contributed by atoms with van der Waals surface area (Å²) in [5.74, 6) is 3.97. The lowest BCUT2D eigenvalue weighted by molar-refractivity contribution is -0.132. The van der Waals surface area contributed by atoms with Crippen LogP contribution in [-0.2, 0) is 54.9 Å². The smallest absolute Gasteiger partial charge is 0.308 e. The van der Waals surface area contributed by atoms with Crippen LogP contribution in [0.3, 0.4) is 0 Å². The molecule has 0 fully saturated rings. The number of nitrogens with two attached hydrogens (primary N) is 1. The van der Waals surface area contributed by atoms with Crippen molar-refractivity contribution in [3.8, 4) is 52.1 Å². The maximum Gasteiger partial charge on any atom is 0.308 e. The molecular weight excluding hydrogens is 1740 g/mol. The predicted octanol–water partition coefficient (Wildman–Crippen LogP) is 18.2. The third-order valence-corrected chi connectivity index (χ3v) is 21.8. The second-order valence-corrected chi connectivity index (χ2v) is 31.8. The van der Waals surface area contributed by atoms with Crippen LogP contribution in [0.2, 0.25) is 25.2 Å². The Balaban J connectivity index is 0.000000203. The van der Waals surface area contributed by atoms with Crippen LogP contribution in [0.25, 0.3) is 43.6 Å². The molecule has 0 saturated heterocycles. The highest BCUT2D eigenvalue weighted by molar-refractivity contribution is 6.34. The second kappa shape index (κ2) is 47.9. The number of carbonyl (C=O) groups is 6. The van der Waals surface area contributed by atoms with Gasteiger partial charge < -0.3 is 59.9 Å². The van der Waals surface area contributed by atoms with Gasteiger partial charge in [0.25, 0.3) is 0 Å². The number of Topliss-reactive ketones (excluding diaryl/α,β-unsaturated/α-hetero) is 4. The zero-order valence-corrected chi connectivity index (χ0v) is 77.9. The van der Waals surface area contributed by atoms with Crippen molar-refractivity contribution in [2.75, 3.05) is 84.9 Å². The number of nitrogens with one attached hydrogen (secondary N) is 3. The van der Waals surface area contributed by atoms with Crippen LogP contribution in [0.15, 0.2) is 147 Å². The van der Waals surface area contributed by atoms with E-state index in [2.05, 4.69) is 61.9 Å². The largest absolute Gasteiger partial charge is 0.504 e. The van der Waals surface area contributed by atoms with E-state index in [9.17, 15) is 33.9 Å². The number of aromatic hydroxyl groups is 1. The van der Waals surface area contributed by atoms with E-state index in [1.807, 2.05) is 124 Å². The number of anilines is 7. The number of nitriles is 1. The molecule has 0 amide bonds. The average molecular weight is 1850 g/mol. The number of ether oxygens (including phenoxy) is 7. The lowest BCUT2D eigenvalue weighted by Crippen LogP contribution is -2.34. The number of ketones is 4. The molecular formula is C92H102Cl5N17O14. The quantitative estimate of drug-likeness (QED) is 0.00859. The number of benzene rings is 8. The van der Waals surface area contributed by atoms with E-state index in [4.69, 9.17) is 102 Å². The maximum atomic E-state index is 11.8. The Bertz CT molecular complexity index is 6040. The molecule has 12 rings (SSSR count). The number of nitrogen functional groups attached to an aromatic ring is 1. The lowest BCUT2D eigenvalue weighted by atomic mass is 10.1. The van der Waals surface area contributed by atoms with Gasteiger partial charge in [-0.15, -0.1) is 0 Å². The number of hydrogen-bond acceptors (Lipinski definition) is 31. The van der Waals surface area contributed by atoms with Crippen molar-refractivity contribution in [3.63, 3.8) is 0 Å². The van der Waals surface area contributed by atoms with Crippen molar-refractivity contribution in [1.82, 2.24) is 59.5 Å². The molecule has 0 aliphatic rings. The highest BCUT2D eigenvalue weighted by Crippen LogP contribution is 2.41. The highest BCUT2D eigenvalue weighted by Gasteiger charge is 2.24. The van der Waals surface area contributed by atoms with Crippen LogP contribution >= 0.6 is 58.0 Å². The Hall–Kier alpha value is -12.5. The Labute approximate surface area is 767 Å². The summed E-state index contributed by atoms with van der Waals surface area (Å²) in [6.45, 7) is 19.1. The van der Waals surface area contributed by atoms with Crippen LogP contribution in [0, 0.1) is 11.3 Å². The highest BCUT2D eigenvalue weighted by atomic mass is 35.5. The molecule has 31 nitrogen and oxygen atoms in total. The number of esters is 2. The van der Waals surface area contributed by atoms with Gasteiger partial charge in [-0.05, 0) is 185 Å². The number of carbonyl (C=O) groups excluding carboxylic acids is 6. The zero-order chi connectivity index (χ0) is 93.9. The number of aromatic nitrogens is 8. The fraction of sp³-hybridized carbons (Fsp3) is 0.315. The van der Waals surface area contributed by atoms with Gasteiger partial charge in [0.1, 0.15) is 71.0 Å². The fourth-order valence-electron chi connectivity index (χ4n) is 12.5. The van der Waals surface area contributed by atoms with E-state index in [1.54, 1.807) is 108 Å². The minimum absolute atomic E-state index is 0.000756. The molecule has 128 heavy (non-hydrogen) atoms. The number of phenols is 1. The van der Waals surface area contributed by atoms with Crippen molar-refractivity contribution < 1.29 is 67.0 Å². The number of unbranched alkanes of at least 4 members (excludes halogenated alkanes) is 1. The second-order valence-electron chi connectivity index (χ2n) is 29.7. The summed E-state index contributed by atoms with van der Waals surface area (Å²) in [5.41, 5.74) is 15.2. The van der Waals surface area contributed by atoms with Crippen LogP contribution in [0.1, 0.15) is 104 Å². The summed E-state index contributed by atoms with van der Waals surface area (Å²) in [6.07, 6.45) is 6.74. The third kappa shape index (κ3) is 28.3. The molecule has 0 spiro atoms. The van der Waals surface area contributed by atoms with Gasteiger partial charge in [-0.3, -0.25) is 48.4 Å². The van der Waals surface area contributed by atoms with Gasteiger partial charge in [0, 0.05) is 135 Å². The topological polar surface area (TPSA) is 389 Å². The van der Waals surface area contributed by atoms with Crippen molar-refractivity contribution in [1.29, 1.82) is 5.26 Å². The molecule has 8 aromatic carbocycles. The number of methoxy groups -OCH3 is 4. The van der Waals surface area contributed by atoms with Crippen LogP contribution < -0.4 is 54.8 Å². The van der Waals surface area contributed by atoms with E-state index in [0.29, 0.717) is 167 Å². The van der Waals surface area contributed by atoms with E-state index < -0.39 is 11.9 Å². The first-order valence-electron chi connectivity index (χ1n) is 39.9. The molecule has 0 aliphatic carbocycles. The van der Waals surface area contributed by atoms with E-state index in [-0.39, 0.29) is 58.8 Å². The lowest BCUT2D eigenvalue weighted by Gasteiger charge is -2.24. The third-order valence-electron chi connectivity index (χ3n) is 20.6. The first kappa shape index (κ1) is 101. The summed E-state index contributed by atoms with van der Waals surface area (Å²) in [5, 5.41) is 34.2. The summed E-state index contributed by atoms with van der Waals surface area (Å²) >= 11 is 30.5. The number of phenolic OH excluding ortho intramolecular Hbond substituents is 1. The predicted molar refractivity (Wildman–Crippen MR) is 501 cm³/mol. The number of fused-ring (bicyclic) bond motifs is 4. The molecule has 12 aromatic rings. The number of nitrogens with zero attached hydrogens (tertiary/aromatic N) is 13. The Morgan fingerprint density at radius 3 is 1.05 bits per heavy atom. The van der Waals surface area contributed by atoms with Gasteiger partial charge in [-0.25, -0.2) is 39.9 Å². The molecule has 4 unspecified atom stereocenters. The van der Waals surface area contributed by atoms with Crippen molar-refractivity contribution in [2.24, 2.45) is 0 Å². The minimum atomic E-state index is -0.464. The first-order chi connectivity index (χ1) is 60.8. The summed E-state index contributed by atoms with van der Waals surface area (Å²) < 4.78 is 37.2. The normalized spacial score (nSPS) is 11.9. The van der Waals surface area contributed by atoms with Crippen molar-refractivity contribution in [2.45, 2.75) is 132 Å². The number of likely N-dealkylation sites (N-methyl/N-ethyl adjacent to an activating group) is 4. The molecule has 0 radical (unpaired) electrons. The SMILES string of the molecule is CC(=O)C(C)N(C)Cc1ccc(Cl)cc1N.COc1cc2ncnc(Cl)c2cc1OC(C)=O.COc1cc2ncnc(Nc3cc(Cl)ccc3CN(C)C(C)C(C)=O)c2cc1O.COc1cc2ncnc(Nc3cc(Cl)ccc3CN(C)C(C)C(C)=O)c2cc1OC(C)=O.COc1cc2ncnc(Nc3cc(Cl)ccc3CN(C)C(C)C(C)=O)c2cc1OCCCC#N. The molecule has 0 aliphatic heterocycles. The standard InChI is InChI=1S/C25H28ClN5O3.C23H25ClN4O4.C21H23ClN4O3.C12H17ClN2O.C11H9ClN2O3/c1-16(17(2)32)31(3)14-18-7-8-19(26)11-21(18)30-25-20-12-24(34-10-6-5-9-27)23(33-4)13-22(20)28-15-29-25;1-13(14(2)29)28(4)11-16-6-7-17(24)8-19(16)27-23-18-9-22(32-15(3)30)21(31-5)10-20(18)25-12-26-23;1-12(13(2)27)26(3)10-14-5-6-15(22)7-17(14)25-21-16-8-19(28)20(29-4)9-18(16)23-11-24-21;1-8(9(2)16)15(3)7-10-4-5-11(13)6-12(10)14;1-6(15)17-10-3-7-8(4-9(10)16-2)13-5-14-11(7)12/h7-8,11-13,15-16H,5-6,10,14H2,1-4H3,(H,28,29,30);6-10,12-13H,11H2,1-5H3,(H,25,26,27);5-9,11-12,28H,10H2,1-4H3,(H,23,24,25);4-6,8H,7,14H2,1-3H3;3-5H,1-2H3. The molecule has 6 N–H and O–H groups in total. The monoisotopic (exact) mass is 1840 g/mol. The van der Waals surface area contributed by atoms with E-state index in [0.717, 1.165) is 44.7 Å². The number of hydrogen-bond donors (Lipinski definition) is 5. The van der Waals surface area contributed by atoms with Crippen molar-refractivity contribution >= 4 is 177 Å². The van der Waals surface area contributed by atoms with Crippen molar-refractivity contribution in [3.05, 3.63) is 194 Å². The zero-order valence-electron chi connectivity index (χ0n) is 74.2. The van der Waals surface area contributed by atoms with Gasteiger partial charge in [-0.2, -0.15) is 5.26 Å². The van der Waals surface area contributed by atoms with Gasteiger partial charge >= 0.3 is 11.9 Å². The van der Waals surface area contributed by atoms with Gasteiger partial charge in [0.05, 0.1) is 87.3 Å². The Kier molecular flexibility index (Phi) is 37.8. The molecule has 0 saturated carbocycles. The minimum Gasteiger partial charge on any atom is -0.504 e. The average Bonchev–Trinajstić information content (AvgIpc) is 0.798. The van der Waals surface area contributed by atoms with Gasteiger partial charge in [-0.1, -0.05) is 82.3 Å². The van der Waals surface area contributed by atoms with E-state index >= 15 is 0 Å². The Morgan fingerprint density at radius 2 is 0.711 bits per heavy atom. The van der Waals surface area contributed by atoms with Gasteiger partial charge in [0.15, 0.2) is 46.0 Å². The van der Waals surface area contributed by atoms with E-state index in [1.165, 1.54) is 60.5 Å². The molecule has 36 heteroatoms. The van der Waals surface area contributed by atoms with Gasteiger partial charge in [0.2, 0.25) is 0 Å². The molecule has 674 valence electrons. The van der Waals surface area contributed by atoms with Crippen LogP contribution in [0.5, 0.6) is 46.0 Å². The first-order valence-corrected chi connectivity index (χ1v) is 41.8. The number of rotatable bonds is 32. The van der Waals surface area contributed by atoms with Crippen LogP contribution in [0.4, 0.5) is 40.2 Å². The summed E-state index contributed by atoms with van der Waals surface area (Å²) in [4.78, 5) is 111. The van der Waals surface area contributed by atoms with Crippen LogP contribution in [-0.4, -0.2) is 187 Å². The maximum absolute atomic E-state index is 11.8. The summed E-state index contributed by atoms with van der Waals surface area (Å²) in [7, 11) is 13.6. The molecule has 0 bridgehead atoms. The molecule has 4 heterocycles. The summed E-state index contributed by atoms with van der Waals surface area (Å²) in [6, 6.07) is 36.8.